The second-order valence-corrected chi connectivity index (χ2v) is 6.10. The molecule has 4 nitrogen and oxygen atoms in total. The Bertz CT molecular complexity index is 236. The van der Waals surface area contributed by atoms with E-state index in [1.54, 1.807) is 0 Å². The maximum Gasteiger partial charge on any atom is 0.407 e. The zero-order chi connectivity index (χ0) is 14.2. The number of carbonyl (C=O) groups is 1. The largest absolute Gasteiger partial charge is 0.444 e. The molecule has 1 amide bonds. The van der Waals surface area contributed by atoms with Crippen molar-refractivity contribution in [2.75, 3.05) is 6.61 Å². The Morgan fingerprint density at radius 3 is 2.33 bits per heavy atom. The molecule has 0 aromatic rings. The first-order chi connectivity index (χ1) is 8.24. The highest BCUT2D eigenvalue weighted by atomic mass is 16.6. The van der Waals surface area contributed by atoms with Gasteiger partial charge in [0.25, 0.3) is 0 Å². The zero-order valence-electron chi connectivity index (χ0n) is 12.5. The van der Waals surface area contributed by atoms with E-state index in [2.05, 4.69) is 12.2 Å². The first-order valence-corrected chi connectivity index (χ1v) is 6.85. The van der Waals surface area contributed by atoms with Gasteiger partial charge in [0.2, 0.25) is 0 Å². The van der Waals surface area contributed by atoms with Crippen LogP contribution in [0.3, 0.4) is 0 Å². The van der Waals surface area contributed by atoms with Crippen LogP contribution in [-0.4, -0.2) is 29.4 Å². The third kappa shape index (κ3) is 10.4. The highest BCUT2D eigenvalue weighted by molar-refractivity contribution is 5.67. The maximum absolute atomic E-state index is 11.5. The lowest BCUT2D eigenvalue weighted by Gasteiger charge is -2.22. The number of rotatable bonds is 7. The summed E-state index contributed by atoms with van der Waals surface area (Å²) in [6, 6.07) is 0.126. The minimum Gasteiger partial charge on any atom is -0.444 e. The monoisotopic (exact) mass is 259 g/mol. The van der Waals surface area contributed by atoms with Gasteiger partial charge in [-0.3, -0.25) is 0 Å². The molecule has 0 aromatic carbocycles. The molecule has 2 atom stereocenters. The van der Waals surface area contributed by atoms with E-state index >= 15 is 0 Å². The minimum absolute atomic E-state index is 0.126. The molecule has 2 N–H and O–H groups in total. The third-order valence-electron chi connectivity index (χ3n) is 2.72. The molecule has 0 radical (unpaired) electrons. The third-order valence-corrected chi connectivity index (χ3v) is 2.72. The molecule has 0 spiro atoms. The highest BCUT2D eigenvalue weighted by Gasteiger charge is 2.17. The van der Waals surface area contributed by atoms with E-state index < -0.39 is 5.60 Å². The van der Waals surface area contributed by atoms with Crippen LogP contribution in [0.5, 0.6) is 0 Å². The summed E-state index contributed by atoms with van der Waals surface area (Å²) in [7, 11) is 0. The zero-order valence-corrected chi connectivity index (χ0v) is 12.5. The number of aliphatic hydroxyl groups excluding tert-OH is 1. The topological polar surface area (TPSA) is 58.6 Å². The average molecular weight is 259 g/mol. The van der Waals surface area contributed by atoms with Gasteiger partial charge in [0.15, 0.2) is 0 Å². The van der Waals surface area contributed by atoms with Crippen LogP contribution in [0.1, 0.15) is 60.3 Å². The predicted molar refractivity (Wildman–Crippen MR) is 73.5 cm³/mol. The van der Waals surface area contributed by atoms with E-state index in [1.807, 2.05) is 27.7 Å². The molecular weight excluding hydrogens is 230 g/mol. The van der Waals surface area contributed by atoms with E-state index in [1.165, 1.54) is 0 Å². The fourth-order valence-corrected chi connectivity index (χ4v) is 1.72. The van der Waals surface area contributed by atoms with Crippen molar-refractivity contribution in [3.05, 3.63) is 0 Å². The molecule has 0 rings (SSSR count). The van der Waals surface area contributed by atoms with Gasteiger partial charge in [-0.2, -0.15) is 0 Å². The van der Waals surface area contributed by atoms with Crippen LogP contribution in [0.4, 0.5) is 4.79 Å². The van der Waals surface area contributed by atoms with Crippen LogP contribution >= 0.6 is 0 Å². The van der Waals surface area contributed by atoms with Gasteiger partial charge < -0.3 is 15.2 Å². The predicted octanol–water partition coefficient (Wildman–Crippen LogP) is 3.09. The van der Waals surface area contributed by atoms with Gasteiger partial charge in [-0.05, 0) is 46.5 Å². The second kappa shape index (κ2) is 8.35. The lowest BCUT2D eigenvalue weighted by Crippen LogP contribution is -2.37. The molecule has 0 saturated heterocycles. The molecule has 0 aromatic heterocycles. The smallest absolute Gasteiger partial charge is 0.407 e. The number of nitrogens with one attached hydrogen (secondary N) is 1. The quantitative estimate of drug-likeness (QED) is 0.738. The summed E-state index contributed by atoms with van der Waals surface area (Å²) >= 11 is 0. The van der Waals surface area contributed by atoms with Crippen LogP contribution in [0.2, 0.25) is 0 Å². The lowest BCUT2D eigenvalue weighted by molar-refractivity contribution is 0.0505. The van der Waals surface area contributed by atoms with Gasteiger partial charge in [0, 0.05) is 12.6 Å². The highest BCUT2D eigenvalue weighted by Crippen LogP contribution is 2.13. The Morgan fingerprint density at radius 2 is 1.83 bits per heavy atom. The lowest BCUT2D eigenvalue weighted by atomic mass is 9.99. The molecule has 108 valence electrons. The summed E-state index contributed by atoms with van der Waals surface area (Å²) in [5.74, 6) is 0.545. The SMILES string of the molecule is CC(CCO)CCC[C@@H](C)NC(=O)OC(C)(C)C. The van der Waals surface area contributed by atoms with E-state index in [4.69, 9.17) is 9.84 Å². The minimum atomic E-state index is -0.445. The number of hydrogen-bond donors (Lipinski definition) is 2. The number of alkyl carbamates (subject to hydrolysis) is 1. The van der Waals surface area contributed by atoms with Gasteiger partial charge >= 0.3 is 6.09 Å². The van der Waals surface area contributed by atoms with Crippen LogP contribution in [-0.2, 0) is 4.74 Å². The van der Waals surface area contributed by atoms with E-state index in [-0.39, 0.29) is 18.7 Å². The molecular formula is C14H29NO3. The van der Waals surface area contributed by atoms with Crippen molar-refractivity contribution < 1.29 is 14.6 Å². The van der Waals surface area contributed by atoms with Crippen molar-refractivity contribution in [3.63, 3.8) is 0 Å². The Kier molecular flexibility index (Phi) is 8.00. The van der Waals surface area contributed by atoms with Crippen LogP contribution in [0.25, 0.3) is 0 Å². The van der Waals surface area contributed by atoms with Crippen LogP contribution < -0.4 is 5.32 Å². The molecule has 0 bridgehead atoms. The summed E-state index contributed by atoms with van der Waals surface area (Å²) < 4.78 is 5.19. The first-order valence-electron chi connectivity index (χ1n) is 6.85. The maximum atomic E-state index is 11.5. The molecule has 18 heavy (non-hydrogen) atoms. The molecule has 0 fully saturated rings. The Balaban J connectivity index is 3.71. The molecule has 0 aliphatic carbocycles. The van der Waals surface area contributed by atoms with E-state index in [0.717, 1.165) is 25.7 Å². The van der Waals surface area contributed by atoms with Crippen molar-refractivity contribution in [1.82, 2.24) is 5.32 Å². The summed E-state index contributed by atoms with van der Waals surface area (Å²) in [5.41, 5.74) is -0.445. The van der Waals surface area contributed by atoms with E-state index in [0.29, 0.717) is 5.92 Å². The normalized spacial score (nSPS) is 15.0. The fourth-order valence-electron chi connectivity index (χ4n) is 1.72. The van der Waals surface area contributed by atoms with Crippen molar-refractivity contribution in [1.29, 1.82) is 0 Å². The second-order valence-electron chi connectivity index (χ2n) is 6.10. The van der Waals surface area contributed by atoms with Gasteiger partial charge in [-0.25, -0.2) is 4.79 Å². The number of carbonyl (C=O) groups excluding carboxylic acids is 1. The van der Waals surface area contributed by atoms with Crippen molar-refractivity contribution >= 4 is 6.09 Å². The number of aliphatic hydroxyl groups is 1. The van der Waals surface area contributed by atoms with Crippen molar-refractivity contribution in [2.24, 2.45) is 5.92 Å². The number of amides is 1. The van der Waals surface area contributed by atoms with Crippen molar-refractivity contribution in [2.45, 2.75) is 71.9 Å². The summed E-state index contributed by atoms with van der Waals surface area (Å²) in [4.78, 5) is 11.5. The number of hydrogen-bond acceptors (Lipinski definition) is 3. The van der Waals surface area contributed by atoms with E-state index in [9.17, 15) is 4.79 Å². The molecule has 0 saturated carbocycles. The standard InChI is InChI=1S/C14H29NO3/c1-11(9-10-16)7-6-8-12(2)15-13(17)18-14(3,4)5/h11-12,16H,6-10H2,1-5H3,(H,15,17)/t11?,12-/m1/s1. The van der Waals surface area contributed by atoms with Crippen LogP contribution in [0.15, 0.2) is 0 Å². The summed E-state index contributed by atoms with van der Waals surface area (Å²) in [6.45, 7) is 9.95. The van der Waals surface area contributed by atoms with Gasteiger partial charge in [-0.15, -0.1) is 0 Å². The average Bonchev–Trinajstić information content (AvgIpc) is 2.14. The molecule has 0 aliphatic rings. The van der Waals surface area contributed by atoms with Crippen LogP contribution in [0, 0.1) is 5.92 Å². The van der Waals surface area contributed by atoms with Gasteiger partial charge in [-0.1, -0.05) is 19.8 Å². The van der Waals surface area contributed by atoms with Crippen molar-refractivity contribution in [3.8, 4) is 0 Å². The molecule has 0 aliphatic heterocycles. The Labute approximate surface area is 111 Å². The Morgan fingerprint density at radius 1 is 1.22 bits per heavy atom. The summed E-state index contributed by atoms with van der Waals surface area (Å²) in [5, 5.41) is 11.6. The molecule has 1 unspecified atom stereocenters. The fraction of sp³-hybridized carbons (Fsp3) is 0.929. The molecule has 4 heteroatoms. The summed E-state index contributed by atoms with van der Waals surface area (Å²) in [6.07, 6.45) is 3.58. The molecule has 0 heterocycles. The first kappa shape index (κ1) is 17.2. The van der Waals surface area contributed by atoms with Gasteiger partial charge in [0.1, 0.15) is 5.60 Å². The van der Waals surface area contributed by atoms with Gasteiger partial charge in [0.05, 0.1) is 0 Å². The number of ether oxygens (including phenoxy) is 1. The Hall–Kier alpha value is -0.770.